The molecule has 0 radical (unpaired) electrons. The van der Waals surface area contributed by atoms with Crippen LogP contribution in [0.1, 0.15) is 45.9 Å². The molecule has 2 unspecified atom stereocenters. The Hall–Kier alpha value is -0.870. The number of hydrogen-bond acceptors (Lipinski definition) is 3. The van der Waals surface area contributed by atoms with Crippen LogP contribution in [0, 0.1) is 0 Å². The Balaban J connectivity index is 2.60. The number of aliphatic hydroxyl groups is 1. The van der Waals surface area contributed by atoms with Crippen LogP contribution >= 0.6 is 0 Å². The van der Waals surface area contributed by atoms with Gasteiger partial charge in [-0.15, -0.1) is 0 Å². The fraction of sp³-hybridized carbons (Fsp3) is 0.786. The number of aromatic nitrogens is 2. The third-order valence-electron chi connectivity index (χ3n) is 3.04. The second-order valence-corrected chi connectivity index (χ2v) is 4.59. The van der Waals surface area contributed by atoms with Crippen molar-refractivity contribution in [2.45, 2.75) is 65.2 Å². The Morgan fingerprint density at radius 1 is 1.33 bits per heavy atom. The molecule has 2 atom stereocenters. The Morgan fingerprint density at radius 2 is 2.11 bits per heavy atom. The van der Waals surface area contributed by atoms with Crippen molar-refractivity contribution in [2.75, 3.05) is 6.61 Å². The Labute approximate surface area is 110 Å². The van der Waals surface area contributed by atoms with Crippen LogP contribution in [-0.4, -0.2) is 33.5 Å². The lowest BCUT2D eigenvalue weighted by Crippen LogP contribution is -2.32. The topological polar surface area (TPSA) is 47.3 Å². The van der Waals surface area contributed by atoms with E-state index in [2.05, 4.69) is 23.4 Å². The van der Waals surface area contributed by atoms with Gasteiger partial charge in [0.05, 0.1) is 12.2 Å². The second-order valence-electron chi connectivity index (χ2n) is 4.59. The lowest BCUT2D eigenvalue weighted by molar-refractivity contribution is -0.0373. The van der Waals surface area contributed by atoms with E-state index in [0.29, 0.717) is 13.0 Å². The molecule has 1 aromatic rings. The van der Waals surface area contributed by atoms with Crippen LogP contribution in [0.25, 0.3) is 0 Å². The molecule has 0 bridgehead atoms. The van der Waals surface area contributed by atoms with E-state index in [4.69, 9.17) is 4.74 Å². The van der Waals surface area contributed by atoms with Gasteiger partial charge >= 0.3 is 0 Å². The van der Waals surface area contributed by atoms with E-state index < -0.39 is 6.10 Å². The quantitative estimate of drug-likeness (QED) is 0.736. The number of hydrogen-bond donors (Lipinski definition) is 1. The number of aryl methyl sites for hydroxylation is 1. The smallest absolute Gasteiger partial charge is 0.111 e. The number of ether oxygens (including phenoxy) is 1. The molecule has 4 nitrogen and oxygen atoms in total. The third kappa shape index (κ3) is 4.42. The summed E-state index contributed by atoms with van der Waals surface area (Å²) < 4.78 is 7.72. The monoisotopic (exact) mass is 254 g/mol. The summed E-state index contributed by atoms with van der Waals surface area (Å²) in [4.78, 5) is 4.32. The molecule has 0 aromatic carbocycles. The SMILES string of the molecule is CCCC(OCC)C(O)Cc1nccn1CCC. The molecule has 0 amide bonds. The van der Waals surface area contributed by atoms with Gasteiger partial charge in [-0.1, -0.05) is 20.3 Å². The van der Waals surface area contributed by atoms with Crippen LogP contribution < -0.4 is 0 Å². The van der Waals surface area contributed by atoms with Gasteiger partial charge in [0.2, 0.25) is 0 Å². The zero-order chi connectivity index (χ0) is 13.4. The van der Waals surface area contributed by atoms with Gasteiger partial charge in [-0.25, -0.2) is 4.98 Å². The van der Waals surface area contributed by atoms with E-state index in [9.17, 15) is 5.11 Å². The van der Waals surface area contributed by atoms with Gasteiger partial charge in [0.25, 0.3) is 0 Å². The van der Waals surface area contributed by atoms with E-state index in [1.807, 2.05) is 13.1 Å². The molecular weight excluding hydrogens is 228 g/mol. The Bertz CT molecular complexity index is 319. The summed E-state index contributed by atoms with van der Waals surface area (Å²) in [6, 6.07) is 0. The van der Waals surface area contributed by atoms with E-state index in [0.717, 1.165) is 31.6 Å². The molecule has 104 valence electrons. The van der Waals surface area contributed by atoms with Crippen LogP contribution in [0.5, 0.6) is 0 Å². The van der Waals surface area contributed by atoms with Crippen molar-refractivity contribution in [3.8, 4) is 0 Å². The molecule has 0 aliphatic rings. The highest BCUT2D eigenvalue weighted by Crippen LogP contribution is 2.12. The minimum atomic E-state index is -0.470. The number of nitrogens with zero attached hydrogens (tertiary/aromatic N) is 2. The highest BCUT2D eigenvalue weighted by Gasteiger charge is 2.20. The first-order valence-electron chi connectivity index (χ1n) is 7.02. The van der Waals surface area contributed by atoms with E-state index in [1.165, 1.54) is 0 Å². The standard InChI is InChI=1S/C14H26N2O2/c1-4-7-13(18-6-3)12(17)11-14-15-8-10-16(14)9-5-2/h8,10,12-13,17H,4-7,9,11H2,1-3H3. The summed E-state index contributed by atoms with van der Waals surface area (Å²) in [7, 11) is 0. The van der Waals surface area contributed by atoms with Crippen molar-refractivity contribution in [3.05, 3.63) is 18.2 Å². The normalized spacial score (nSPS) is 14.7. The first-order chi connectivity index (χ1) is 8.72. The van der Waals surface area contributed by atoms with Gasteiger partial charge in [-0.2, -0.15) is 0 Å². The second kappa shape index (κ2) is 8.27. The predicted octanol–water partition coefficient (Wildman–Crippen LogP) is 2.40. The molecule has 0 saturated carbocycles. The molecular formula is C14H26N2O2. The number of rotatable bonds is 9. The van der Waals surface area contributed by atoms with Gasteiger partial charge in [0.15, 0.2) is 0 Å². The minimum Gasteiger partial charge on any atom is -0.390 e. The summed E-state index contributed by atoms with van der Waals surface area (Å²) in [5.41, 5.74) is 0. The van der Waals surface area contributed by atoms with Crippen molar-refractivity contribution >= 4 is 0 Å². The third-order valence-corrected chi connectivity index (χ3v) is 3.04. The summed E-state index contributed by atoms with van der Waals surface area (Å²) in [6.45, 7) is 7.81. The highest BCUT2D eigenvalue weighted by atomic mass is 16.5. The summed E-state index contributed by atoms with van der Waals surface area (Å²) in [5.74, 6) is 0.949. The largest absolute Gasteiger partial charge is 0.390 e. The van der Waals surface area contributed by atoms with Crippen molar-refractivity contribution in [2.24, 2.45) is 0 Å². The fourth-order valence-corrected chi connectivity index (χ4v) is 2.18. The van der Waals surface area contributed by atoms with Crippen LogP contribution in [0.2, 0.25) is 0 Å². The van der Waals surface area contributed by atoms with Crippen molar-refractivity contribution in [1.29, 1.82) is 0 Å². The van der Waals surface area contributed by atoms with Crippen molar-refractivity contribution in [3.63, 3.8) is 0 Å². The van der Waals surface area contributed by atoms with E-state index in [1.54, 1.807) is 6.20 Å². The first kappa shape index (κ1) is 15.2. The van der Waals surface area contributed by atoms with Crippen LogP contribution in [0.4, 0.5) is 0 Å². The molecule has 1 rings (SSSR count). The Morgan fingerprint density at radius 3 is 2.72 bits per heavy atom. The maximum absolute atomic E-state index is 10.3. The van der Waals surface area contributed by atoms with Crippen molar-refractivity contribution < 1.29 is 9.84 Å². The Kier molecular flexibility index (Phi) is 6.98. The molecule has 1 N–H and O–H groups in total. The lowest BCUT2D eigenvalue weighted by Gasteiger charge is -2.22. The average Bonchev–Trinajstić information content (AvgIpc) is 2.77. The molecule has 0 fully saturated rings. The van der Waals surface area contributed by atoms with Gasteiger partial charge in [0.1, 0.15) is 5.82 Å². The summed E-state index contributed by atoms with van der Waals surface area (Å²) in [5, 5.41) is 10.3. The number of aliphatic hydroxyl groups excluding tert-OH is 1. The molecule has 0 aliphatic carbocycles. The molecule has 0 saturated heterocycles. The predicted molar refractivity (Wildman–Crippen MR) is 72.6 cm³/mol. The summed E-state index contributed by atoms with van der Waals surface area (Å²) in [6.07, 6.45) is 6.78. The summed E-state index contributed by atoms with van der Waals surface area (Å²) >= 11 is 0. The molecule has 1 aromatic heterocycles. The zero-order valence-electron chi connectivity index (χ0n) is 11.8. The molecule has 1 heterocycles. The van der Waals surface area contributed by atoms with Gasteiger partial charge in [-0.05, 0) is 19.8 Å². The first-order valence-corrected chi connectivity index (χ1v) is 7.02. The average molecular weight is 254 g/mol. The fourth-order valence-electron chi connectivity index (χ4n) is 2.18. The lowest BCUT2D eigenvalue weighted by atomic mass is 10.1. The minimum absolute atomic E-state index is 0.0771. The van der Waals surface area contributed by atoms with Crippen LogP contribution in [0.15, 0.2) is 12.4 Å². The maximum Gasteiger partial charge on any atom is 0.111 e. The number of imidazole rings is 1. The van der Waals surface area contributed by atoms with Crippen molar-refractivity contribution in [1.82, 2.24) is 9.55 Å². The van der Waals surface area contributed by atoms with E-state index in [-0.39, 0.29) is 6.10 Å². The highest BCUT2D eigenvalue weighted by molar-refractivity contribution is 4.95. The molecule has 0 spiro atoms. The van der Waals surface area contributed by atoms with Gasteiger partial charge in [-0.3, -0.25) is 0 Å². The van der Waals surface area contributed by atoms with Gasteiger partial charge in [0, 0.05) is 32.0 Å². The molecule has 0 aliphatic heterocycles. The molecule has 4 heteroatoms. The van der Waals surface area contributed by atoms with Gasteiger partial charge < -0.3 is 14.4 Å². The zero-order valence-corrected chi connectivity index (χ0v) is 11.8. The molecule has 18 heavy (non-hydrogen) atoms. The van der Waals surface area contributed by atoms with Crippen LogP contribution in [-0.2, 0) is 17.7 Å². The maximum atomic E-state index is 10.3. The van der Waals surface area contributed by atoms with E-state index >= 15 is 0 Å². The van der Waals surface area contributed by atoms with Crippen LogP contribution in [0.3, 0.4) is 0 Å².